The fraction of sp³-hybridized carbons (Fsp3) is 0.176. The first-order valence-electron chi connectivity index (χ1n) is 7.08. The van der Waals surface area contributed by atoms with Gasteiger partial charge in [-0.15, -0.1) is 11.8 Å². The van der Waals surface area contributed by atoms with Crippen molar-refractivity contribution in [3.63, 3.8) is 0 Å². The number of nitrogens with one attached hydrogen (secondary N) is 1. The van der Waals surface area contributed by atoms with Crippen LogP contribution in [0.3, 0.4) is 0 Å². The maximum absolute atomic E-state index is 12.1. The van der Waals surface area contributed by atoms with E-state index in [1.54, 1.807) is 49.6 Å². The molecule has 126 valence electrons. The van der Waals surface area contributed by atoms with E-state index in [4.69, 9.17) is 15.2 Å². The Morgan fingerprint density at radius 2 is 1.79 bits per heavy atom. The van der Waals surface area contributed by atoms with Gasteiger partial charge in [-0.3, -0.25) is 9.59 Å². The van der Waals surface area contributed by atoms with Crippen LogP contribution in [0, 0.1) is 0 Å². The molecular weight excluding hydrogens is 328 g/mol. The number of carbonyl (C=O) groups is 2. The van der Waals surface area contributed by atoms with Crippen molar-refractivity contribution < 1.29 is 19.1 Å². The Kier molecular flexibility index (Phi) is 6.08. The molecule has 3 N–H and O–H groups in total. The predicted octanol–water partition coefficient (Wildman–Crippen LogP) is 2.53. The number of carbonyl (C=O) groups excluding carboxylic acids is 2. The molecule has 0 bridgehead atoms. The van der Waals surface area contributed by atoms with Gasteiger partial charge in [0.2, 0.25) is 11.8 Å². The molecule has 2 rings (SSSR count). The van der Waals surface area contributed by atoms with Crippen molar-refractivity contribution in [3.05, 3.63) is 48.0 Å². The van der Waals surface area contributed by atoms with Crippen molar-refractivity contribution in [3.8, 4) is 11.5 Å². The van der Waals surface area contributed by atoms with Gasteiger partial charge >= 0.3 is 0 Å². The average Bonchev–Trinajstić information content (AvgIpc) is 2.60. The highest BCUT2D eigenvalue weighted by Crippen LogP contribution is 2.30. The van der Waals surface area contributed by atoms with Crippen LogP contribution in [0.5, 0.6) is 11.5 Å². The molecule has 0 heterocycles. The van der Waals surface area contributed by atoms with Gasteiger partial charge in [0.05, 0.1) is 25.5 Å². The Labute approximate surface area is 144 Å². The summed E-state index contributed by atoms with van der Waals surface area (Å²) in [5.74, 6) is 0.547. The van der Waals surface area contributed by atoms with Crippen LogP contribution in [0.25, 0.3) is 0 Å². The van der Waals surface area contributed by atoms with Gasteiger partial charge in [0, 0.05) is 16.6 Å². The second-order valence-corrected chi connectivity index (χ2v) is 5.78. The number of amides is 2. The number of hydrogen-bond donors (Lipinski definition) is 2. The normalized spacial score (nSPS) is 10.1. The number of hydrogen-bond acceptors (Lipinski definition) is 5. The van der Waals surface area contributed by atoms with Crippen LogP contribution in [-0.4, -0.2) is 31.8 Å². The van der Waals surface area contributed by atoms with E-state index >= 15 is 0 Å². The second-order valence-electron chi connectivity index (χ2n) is 4.77. The van der Waals surface area contributed by atoms with Gasteiger partial charge in [0.15, 0.2) is 11.5 Å². The number of thioether (sulfide) groups is 1. The minimum absolute atomic E-state index is 0.151. The van der Waals surface area contributed by atoms with Gasteiger partial charge < -0.3 is 20.5 Å². The molecule has 0 unspecified atom stereocenters. The quantitative estimate of drug-likeness (QED) is 0.752. The van der Waals surface area contributed by atoms with Crippen LogP contribution in [0.15, 0.2) is 47.4 Å². The number of benzene rings is 2. The van der Waals surface area contributed by atoms with E-state index < -0.39 is 5.91 Å². The number of nitrogens with two attached hydrogens (primary N) is 1. The highest BCUT2D eigenvalue weighted by atomic mass is 32.2. The number of primary amides is 1. The third-order valence-electron chi connectivity index (χ3n) is 3.18. The lowest BCUT2D eigenvalue weighted by Crippen LogP contribution is -2.15. The largest absolute Gasteiger partial charge is 0.493 e. The molecule has 24 heavy (non-hydrogen) atoms. The zero-order valence-corrected chi connectivity index (χ0v) is 14.2. The molecule has 6 nitrogen and oxygen atoms in total. The van der Waals surface area contributed by atoms with Crippen molar-refractivity contribution in [1.29, 1.82) is 0 Å². The molecule has 2 aromatic carbocycles. The fourth-order valence-electron chi connectivity index (χ4n) is 2.05. The van der Waals surface area contributed by atoms with E-state index in [-0.39, 0.29) is 11.7 Å². The lowest BCUT2D eigenvalue weighted by molar-refractivity contribution is -0.113. The van der Waals surface area contributed by atoms with Gasteiger partial charge in [-0.2, -0.15) is 0 Å². The Morgan fingerprint density at radius 1 is 1.08 bits per heavy atom. The first-order chi connectivity index (χ1) is 11.5. The first-order valence-corrected chi connectivity index (χ1v) is 8.07. The summed E-state index contributed by atoms with van der Waals surface area (Å²) in [6.45, 7) is 0. The number of anilines is 1. The molecule has 0 saturated heterocycles. The molecule has 7 heteroatoms. The fourth-order valence-corrected chi connectivity index (χ4v) is 2.91. The molecule has 0 aliphatic rings. The first kappa shape index (κ1) is 17.7. The van der Waals surface area contributed by atoms with E-state index in [0.717, 1.165) is 0 Å². The molecule has 0 aliphatic carbocycles. The van der Waals surface area contributed by atoms with Crippen molar-refractivity contribution in [2.24, 2.45) is 5.73 Å². The predicted molar refractivity (Wildman–Crippen MR) is 93.9 cm³/mol. The number of ether oxygens (including phenoxy) is 2. The Morgan fingerprint density at radius 3 is 2.46 bits per heavy atom. The van der Waals surface area contributed by atoms with Crippen molar-refractivity contribution in [2.75, 3.05) is 25.3 Å². The van der Waals surface area contributed by atoms with Gasteiger partial charge in [-0.05, 0) is 24.3 Å². The van der Waals surface area contributed by atoms with Crippen LogP contribution in [0.1, 0.15) is 10.4 Å². The lowest BCUT2D eigenvalue weighted by Gasteiger charge is -2.11. The van der Waals surface area contributed by atoms with Gasteiger partial charge in [0.25, 0.3) is 0 Å². The molecule has 0 saturated carbocycles. The van der Waals surface area contributed by atoms with E-state index in [2.05, 4.69) is 5.32 Å². The summed E-state index contributed by atoms with van der Waals surface area (Å²) in [6.07, 6.45) is 0. The summed E-state index contributed by atoms with van der Waals surface area (Å²) in [7, 11) is 3.07. The van der Waals surface area contributed by atoms with Crippen LogP contribution in [0.4, 0.5) is 5.69 Å². The molecule has 0 aromatic heterocycles. The van der Waals surface area contributed by atoms with E-state index in [0.29, 0.717) is 27.6 Å². The van der Waals surface area contributed by atoms with Gasteiger partial charge in [-0.25, -0.2) is 0 Å². The number of methoxy groups -OCH3 is 2. The highest BCUT2D eigenvalue weighted by molar-refractivity contribution is 8.00. The van der Waals surface area contributed by atoms with Crippen LogP contribution in [0.2, 0.25) is 0 Å². The smallest absolute Gasteiger partial charge is 0.249 e. The SMILES string of the molecule is COc1ccc(NC(=O)CSc2ccccc2C(N)=O)cc1OC. The summed E-state index contributed by atoms with van der Waals surface area (Å²) in [5, 5.41) is 2.78. The van der Waals surface area contributed by atoms with E-state index in [1.165, 1.54) is 18.9 Å². The Bertz CT molecular complexity index is 749. The molecular formula is C17H18N2O4S. The minimum Gasteiger partial charge on any atom is -0.493 e. The van der Waals surface area contributed by atoms with E-state index in [9.17, 15) is 9.59 Å². The summed E-state index contributed by atoms with van der Waals surface area (Å²) >= 11 is 1.25. The van der Waals surface area contributed by atoms with Gasteiger partial charge in [-0.1, -0.05) is 12.1 Å². The molecule has 2 aromatic rings. The molecule has 0 aliphatic heterocycles. The molecule has 0 spiro atoms. The summed E-state index contributed by atoms with van der Waals surface area (Å²) < 4.78 is 10.3. The number of rotatable bonds is 7. The van der Waals surface area contributed by atoms with Gasteiger partial charge in [0.1, 0.15) is 0 Å². The maximum Gasteiger partial charge on any atom is 0.249 e. The van der Waals surface area contributed by atoms with Crippen LogP contribution < -0.4 is 20.5 Å². The van der Waals surface area contributed by atoms with Crippen LogP contribution in [-0.2, 0) is 4.79 Å². The lowest BCUT2D eigenvalue weighted by atomic mass is 10.2. The Hall–Kier alpha value is -2.67. The zero-order valence-electron chi connectivity index (χ0n) is 13.4. The summed E-state index contributed by atoms with van der Waals surface area (Å²) in [4.78, 5) is 24.1. The molecule has 0 fully saturated rings. The third-order valence-corrected chi connectivity index (χ3v) is 4.25. The van der Waals surface area contributed by atoms with Crippen molar-refractivity contribution in [1.82, 2.24) is 0 Å². The third kappa shape index (κ3) is 4.42. The monoisotopic (exact) mass is 346 g/mol. The summed E-state index contributed by atoms with van der Waals surface area (Å²) in [5.41, 5.74) is 6.33. The van der Waals surface area contributed by atoms with Crippen molar-refractivity contribution >= 4 is 29.3 Å². The molecule has 0 radical (unpaired) electrons. The van der Waals surface area contributed by atoms with Crippen molar-refractivity contribution in [2.45, 2.75) is 4.90 Å². The summed E-state index contributed by atoms with van der Waals surface area (Å²) in [6, 6.07) is 12.0. The van der Waals surface area contributed by atoms with E-state index in [1.807, 2.05) is 0 Å². The van der Waals surface area contributed by atoms with Crippen LogP contribution >= 0.6 is 11.8 Å². The standard InChI is InChI=1S/C17H18N2O4S/c1-22-13-8-7-11(9-14(13)23-2)19-16(20)10-24-15-6-4-3-5-12(15)17(18)21/h3-9H,10H2,1-2H3,(H2,18,21)(H,19,20). The highest BCUT2D eigenvalue weighted by Gasteiger charge is 2.11. The second kappa shape index (κ2) is 8.26. The Balaban J connectivity index is 2.00. The zero-order chi connectivity index (χ0) is 17.5. The molecule has 2 amide bonds. The molecule has 0 atom stereocenters. The average molecular weight is 346 g/mol. The minimum atomic E-state index is -0.515. The maximum atomic E-state index is 12.1. The topological polar surface area (TPSA) is 90.6 Å².